The third kappa shape index (κ3) is 4.85. The average Bonchev–Trinajstić information content (AvgIpc) is 2.26. The monoisotopic (exact) mass is 240 g/mol. The van der Waals surface area contributed by atoms with Crippen LogP contribution in [-0.2, 0) is 11.3 Å². The highest BCUT2D eigenvalue weighted by Gasteiger charge is 2.13. The highest BCUT2D eigenvalue weighted by molar-refractivity contribution is 6.58. The van der Waals surface area contributed by atoms with E-state index in [2.05, 4.69) is 6.92 Å². The van der Waals surface area contributed by atoms with E-state index in [9.17, 15) is 4.39 Å². The van der Waals surface area contributed by atoms with Gasteiger partial charge in [0.15, 0.2) is 0 Å². The summed E-state index contributed by atoms with van der Waals surface area (Å²) >= 11 is 0. The van der Waals surface area contributed by atoms with Gasteiger partial charge in [0.1, 0.15) is 5.82 Å². The van der Waals surface area contributed by atoms with Crippen LogP contribution in [-0.4, -0.2) is 23.3 Å². The number of hydrogen-bond donors (Lipinski definition) is 2. The van der Waals surface area contributed by atoms with E-state index in [1.54, 1.807) is 0 Å². The Morgan fingerprint density at radius 3 is 2.65 bits per heavy atom. The number of rotatable bonds is 6. The van der Waals surface area contributed by atoms with Crippen molar-refractivity contribution in [2.75, 3.05) is 0 Å². The Balaban J connectivity index is 2.64. The first-order chi connectivity index (χ1) is 8.02. The summed E-state index contributed by atoms with van der Waals surface area (Å²) in [5, 5.41) is 18.0. The van der Waals surface area contributed by atoms with Gasteiger partial charge in [-0.3, -0.25) is 0 Å². The van der Waals surface area contributed by atoms with Crippen molar-refractivity contribution in [2.24, 2.45) is 0 Å². The molecule has 1 rings (SSSR count). The molecule has 0 bridgehead atoms. The lowest BCUT2D eigenvalue weighted by Crippen LogP contribution is -2.30. The summed E-state index contributed by atoms with van der Waals surface area (Å²) in [6.45, 7) is 4.31. The van der Waals surface area contributed by atoms with Gasteiger partial charge in [0.25, 0.3) is 0 Å². The quantitative estimate of drug-likeness (QED) is 0.735. The van der Waals surface area contributed by atoms with Crippen LogP contribution < -0.4 is 5.46 Å². The third-order valence-electron chi connectivity index (χ3n) is 2.51. The molecule has 0 saturated heterocycles. The molecule has 0 fully saturated rings. The zero-order valence-corrected chi connectivity index (χ0v) is 10.2. The number of ether oxygens (including phenoxy) is 1. The van der Waals surface area contributed by atoms with Crippen molar-refractivity contribution in [3.05, 3.63) is 29.6 Å². The lowest BCUT2D eigenvalue weighted by Gasteiger charge is -2.12. The van der Waals surface area contributed by atoms with Gasteiger partial charge in [0, 0.05) is 0 Å². The molecule has 1 aromatic carbocycles. The molecule has 2 N–H and O–H groups in total. The minimum absolute atomic E-state index is 0.116. The average molecular weight is 240 g/mol. The summed E-state index contributed by atoms with van der Waals surface area (Å²) in [5.41, 5.74) is 0.753. The van der Waals surface area contributed by atoms with Crippen molar-refractivity contribution >= 4 is 12.6 Å². The van der Waals surface area contributed by atoms with Crippen LogP contribution in [0.4, 0.5) is 4.39 Å². The zero-order chi connectivity index (χ0) is 12.8. The minimum Gasteiger partial charge on any atom is -0.423 e. The summed E-state index contributed by atoms with van der Waals surface area (Å²) < 4.78 is 18.7. The molecule has 0 aromatic heterocycles. The molecule has 3 nitrogen and oxygen atoms in total. The second-order valence-corrected chi connectivity index (χ2v) is 4.18. The fourth-order valence-electron chi connectivity index (χ4n) is 1.64. The Hall–Kier alpha value is -0.905. The lowest BCUT2D eigenvalue weighted by molar-refractivity contribution is 0.0471. The third-order valence-corrected chi connectivity index (χ3v) is 2.51. The van der Waals surface area contributed by atoms with Crippen molar-refractivity contribution in [1.82, 2.24) is 0 Å². The Morgan fingerprint density at radius 2 is 2.06 bits per heavy atom. The molecule has 0 aliphatic carbocycles. The van der Waals surface area contributed by atoms with Crippen molar-refractivity contribution < 1.29 is 19.2 Å². The SMILES string of the molecule is CCCC(C)OCc1cc(F)cc(B(O)O)c1. The summed E-state index contributed by atoms with van der Waals surface area (Å²) in [4.78, 5) is 0. The molecule has 94 valence electrons. The van der Waals surface area contributed by atoms with Gasteiger partial charge in [-0.15, -0.1) is 0 Å². The van der Waals surface area contributed by atoms with E-state index in [0.717, 1.165) is 18.9 Å². The Bertz CT molecular complexity index is 358. The lowest BCUT2D eigenvalue weighted by atomic mass is 9.79. The molecule has 0 heterocycles. The summed E-state index contributed by atoms with van der Waals surface area (Å²) in [6.07, 6.45) is 2.10. The Labute approximate surface area is 101 Å². The highest BCUT2D eigenvalue weighted by Crippen LogP contribution is 2.08. The van der Waals surface area contributed by atoms with Gasteiger partial charge in [-0.1, -0.05) is 19.4 Å². The fraction of sp³-hybridized carbons (Fsp3) is 0.500. The minimum atomic E-state index is -1.66. The fourth-order valence-corrected chi connectivity index (χ4v) is 1.64. The van der Waals surface area contributed by atoms with E-state index in [1.807, 2.05) is 6.92 Å². The summed E-state index contributed by atoms with van der Waals surface area (Å²) in [6, 6.07) is 3.97. The topological polar surface area (TPSA) is 49.7 Å². The van der Waals surface area contributed by atoms with Crippen LogP contribution in [0.1, 0.15) is 32.3 Å². The normalized spacial score (nSPS) is 12.5. The first-order valence-electron chi connectivity index (χ1n) is 5.80. The molecular weight excluding hydrogens is 222 g/mol. The van der Waals surface area contributed by atoms with Crippen LogP contribution in [0.25, 0.3) is 0 Å². The molecule has 17 heavy (non-hydrogen) atoms. The molecule has 0 saturated carbocycles. The van der Waals surface area contributed by atoms with Gasteiger partial charge in [0.05, 0.1) is 12.7 Å². The van der Waals surface area contributed by atoms with Crippen LogP contribution in [0.2, 0.25) is 0 Å². The number of halogens is 1. The molecule has 0 amide bonds. The van der Waals surface area contributed by atoms with Crippen molar-refractivity contribution in [3.63, 3.8) is 0 Å². The highest BCUT2D eigenvalue weighted by atomic mass is 19.1. The van der Waals surface area contributed by atoms with Gasteiger partial charge < -0.3 is 14.8 Å². The van der Waals surface area contributed by atoms with E-state index in [4.69, 9.17) is 14.8 Å². The first-order valence-corrected chi connectivity index (χ1v) is 5.80. The van der Waals surface area contributed by atoms with E-state index in [1.165, 1.54) is 12.1 Å². The van der Waals surface area contributed by atoms with Crippen LogP contribution >= 0.6 is 0 Å². The van der Waals surface area contributed by atoms with Gasteiger partial charge in [0.2, 0.25) is 0 Å². The van der Waals surface area contributed by atoms with Gasteiger partial charge in [-0.05, 0) is 36.5 Å². The largest absolute Gasteiger partial charge is 0.488 e. The van der Waals surface area contributed by atoms with E-state index >= 15 is 0 Å². The first kappa shape index (κ1) is 14.2. The van der Waals surface area contributed by atoms with E-state index < -0.39 is 12.9 Å². The van der Waals surface area contributed by atoms with E-state index in [0.29, 0.717) is 5.56 Å². The van der Waals surface area contributed by atoms with Crippen LogP contribution in [0, 0.1) is 5.82 Å². The standard InChI is InChI=1S/C12H18BFO3/c1-3-4-9(2)17-8-10-5-11(13(15)16)7-12(14)6-10/h5-7,9,15-16H,3-4,8H2,1-2H3. The maximum absolute atomic E-state index is 13.2. The second kappa shape index (κ2) is 6.74. The zero-order valence-electron chi connectivity index (χ0n) is 10.2. The van der Waals surface area contributed by atoms with Crippen LogP contribution in [0.3, 0.4) is 0 Å². The van der Waals surface area contributed by atoms with Gasteiger partial charge in [-0.2, -0.15) is 0 Å². The molecule has 0 aliphatic rings. The predicted molar refractivity (Wildman–Crippen MR) is 65.4 cm³/mol. The van der Waals surface area contributed by atoms with Gasteiger partial charge >= 0.3 is 7.12 Å². The smallest absolute Gasteiger partial charge is 0.423 e. The second-order valence-electron chi connectivity index (χ2n) is 4.18. The van der Waals surface area contributed by atoms with Crippen molar-refractivity contribution in [2.45, 2.75) is 39.4 Å². The molecule has 0 aliphatic heterocycles. The molecule has 5 heteroatoms. The van der Waals surface area contributed by atoms with Crippen molar-refractivity contribution in [3.8, 4) is 0 Å². The summed E-state index contributed by atoms with van der Waals surface area (Å²) in [7, 11) is -1.66. The van der Waals surface area contributed by atoms with Crippen LogP contribution in [0.15, 0.2) is 18.2 Å². The Morgan fingerprint density at radius 1 is 1.35 bits per heavy atom. The maximum atomic E-state index is 13.2. The molecule has 0 spiro atoms. The molecule has 1 aromatic rings. The number of benzene rings is 1. The molecule has 1 unspecified atom stereocenters. The maximum Gasteiger partial charge on any atom is 0.488 e. The molecular formula is C12H18BFO3. The number of hydrogen-bond acceptors (Lipinski definition) is 3. The van der Waals surface area contributed by atoms with Gasteiger partial charge in [-0.25, -0.2) is 4.39 Å². The summed E-state index contributed by atoms with van der Waals surface area (Å²) in [5.74, 6) is -0.489. The molecule has 0 radical (unpaired) electrons. The van der Waals surface area contributed by atoms with Crippen molar-refractivity contribution in [1.29, 1.82) is 0 Å². The van der Waals surface area contributed by atoms with E-state index in [-0.39, 0.29) is 18.2 Å². The predicted octanol–water partition coefficient (Wildman–Crippen LogP) is 1.21. The molecule has 1 atom stereocenters. The van der Waals surface area contributed by atoms with Crippen LogP contribution in [0.5, 0.6) is 0 Å². The Kier molecular flexibility index (Phi) is 5.61.